The van der Waals surface area contributed by atoms with E-state index in [0.717, 1.165) is 0 Å². The lowest BCUT2D eigenvalue weighted by atomic mass is 10.3. The highest BCUT2D eigenvalue weighted by atomic mass is 31.2. The summed E-state index contributed by atoms with van der Waals surface area (Å²) in [4.78, 5) is 12.2. The van der Waals surface area contributed by atoms with Gasteiger partial charge in [0.25, 0.3) is 0 Å². The lowest BCUT2D eigenvalue weighted by molar-refractivity contribution is -0.150. The molecule has 0 aliphatic heterocycles. The van der Waals surface area contributed by atoms with Crippen molar-refractivity contribution in [3.63, 3.8) is 0 Å². The summed E-state index contributed by atoms with van der Waals surface area (Å²) in [6.45, 7) is 5.79. The molecule has 0 spiro atoms. The second-order valence-corrected chi connectivity index (χ2v) is 7.86. The van der Waals surface area contributed by atoms with Crippen molar-refractivity contribution in [3.05, 3.63) is 30.3 Å². The number of ether oxygens (including phenoxy) is 2. The average Bonchev–Trinajstić information content (AvgIpc) is 3.26. The van der Waals surface area contributed by atoms with Gasteiger partial charge >= 0.3 is 13.5 Å². The molecule has 128 valence electrons. The highest BCUT2D eigenvalue weighted by Gasteiger charge is 2.56. The van der Waals surface area contributed by atoms with Crippen molar-refractivity contribution in [1.29, 1.82) is 0 Å². The van der Waals surface area contributed by atoms with Gasteiger partial charge < -0.3 is 14.0 Å². The quantitative estimate of drug-likeness (QED) is 0.549. The standard InChI is InChI=1S/C16H24NO5P/c1-4-20-12-23(19,22-14-8-6-5-7-9-14)17-16(10-11-16)15(18)21-13(2)3/h5-9,13H,4,10-12H2,1-3H3,(H,17,19). The zero-order valence-corrected chi connectivity index (χ0v) is 14.7. The summed E-state index contributed by atoms with van der Waals surface area (Å²) in [5.41, 5.74) is -0.925. The zero-order valence-electron chi connectivity index (χ0n) is 13.8. The molecular weight excluding hydrogens is 317 g/mol. The molecule has 2 rings (SSSR count). The van der Waals surface area contributed by atoms with E-state index in [1.54, 1.807) is 38.1 Å². The summed E-state index contributed by atoms with van der Waals surface area (Å²) < 4.78 is 29.3. The lowest BCUT2D eigenvalue weighted by Gasteiger charge is -2.25. The molecule has 0 bridgehead atoms. The van der Waals surface area contributed by atoms with Crippen molar-refractivity contribution in [1.82, 2.24) is 5.09 Å². The van der Waals surface area contributed by atoms with Crippen LogP contribution in [0.25, 0.3) is 0 Å². The smallest absolute Gasteiger partial charge is 0.342 e. The van der Waals surface area contributed by atoms with Gasteiger partial charge in [-0.2, -0.15) is 0 Å². The molecule has 1 aliphatic rings. The van der Waals surface area contributed by atoms with Crippen LogP contribution >= 0.6 is 7.52 Å². The molecule has 1 unspecified atom stereocenters. The third kappa shape index (κ3) is 5.06. The third-order valence-electron chi connectivity index (χ3n) is 3.33. The first-order chi connectivity index (χ1) is 10.9. The maximum absolute atomic E-state index is 13.1. The molecule has 1 aromatic carbocycles. The Balaban J connectivity index is 2.12. The van der Waals surface area contributed by atoms with E-state index in [1.165, 1.54) is 0 Å². The Kier molecular flexibility index (Phi) is 5.84. The van der Waals surface area contributed by atoms with E-state index < -0.39 is 13.1 Å². The van der Waals surface area contributed by atoms with Gasteiger partial charge in [0.2, 0.25) is 0 Å². The van der Waals surface area contributed by atoms with E-state index in [4.69, 9.17) is 14.0 Å². The second kappa shape index (κ2) is 7.47. The van der Waals surface area contributed by atoms with E-state index in [1.807, 2.05) is 13.0 Å². The molecule has 0 heterocycles. The number of carbonyl (C=O) groups excluding carboxylic acids is 1. The highest BCUT2D eigenvalue weighted by molar-refractivity contribution is 7.57. The summed E-state index contributed by atoms with van der Waals surface area (Å²) in [5, 5.41) is 2.90. The van der Waals surface area contributed by atoms with Gasteiger partial charge in [-0.3, -0.25) is 9.36 Å². The summed E-state index contributed by atoms with van der Waals surface area (Å²) >= 11 is 0. The van der Waals surface area contributed by atoms with Crippen LogP contribution in [0.5, 0.6) is 5.75 Å². The molecule has 1 aromatic rings. The first-order valence-corrected chi connectivity index (χ1v) is 9.62. The van der Waals surface area contributed by atoms with Crippen LogP contribution in [0.3, 0.4) is 0 Å². The van der Waals surface area contributed by atoms with Crippen LogP contribution in [0.15, 0.2) is 30.3 Å². The van der Waals surface area contributed by atoms with Gasteiger partial charge in [-0.1, -0.05) is 18.2 Å². The summed E-state index contributed by atoms with van der Waals surface area (Å²) in [7, 11) is -3.39. The predicted octanol–water partition coefficient (Wildman–Crippen LogP) is 3.33. The molecule has 0 amide bonds. The number of para-hydroxylation sites is 1. The number of nitrogens with one attached hydrogen (secondary N) is 1. The molecule has 0 radical (unpaired) electrons. The Labute approximate surface area is 137 Å². The van der Waals surface area contributed by atoms with Crippen LogP contribution in [0.4, 0.5) is 0 Å². The fourth-order valence-corrected chi connectivity index (χ4v) is 4.10. The van der Waals surface area contributed by atoms with Gasteiger partial charge in [-0.25, -0.2) is 5.09 Å². The Morgan fingerprint density at radius 1 is 1.30 bits per heavy atom. The van der Waals surface area contributed by atoms with E-state index in [0.29, 0.717) is 25.2 Å². The Morgan fingerprint density at radius 3 is 2.48 bits per heavy atom. The van der Waals surface area contributed by atoms with Crippen LogP contribution in [-0.4, -0.2) is 30.6 Å². The van der Waals surface area contributed by atoms with E-state index in [9.17, 15) is 9.36 Å². The largest absolute Gasteiger partial charge is 0.462 e. The molecule has 1 fully saturated rings. The van der Waals surface area contributed by atoms with E-state index >= 15 is 0 Å². The number of carbonyl (C=O) groups is 1. The zero-order chi connectivity index (χ0) is 16.9. The van der Waals surface area contributed by atoms with E-state index in [-0.39, 0.29) is 18.4 Å². The molecule has 7 heteroatoms. The monoisotopic (exact) mass is 341 g/mol. The first-order valence-electron chi connectivity index (χ1n) is 7.81. The highest BCUT2D eigenvalue weighted by Crippen LogP contribution is 2.51. The first kappa shape index (κ1) is 18.0. The summed E-state index contributed by atoms with van der Waals surface area (Å²) in [6, 6.07) is 8.86. The topological polar surface area (TPSA) is 73.9 Å². The molecule has 1 atom stereocenters. The minimum Gasteiger partial charge on any atom is -0.462 e. The van der Waals surface area contributed by atoms with Crippen LogP contribution in [-0.2, 0) is 18.8 Å². The third-order valence-corrected chi connectivity index (χ3v) is 5.13. The minimum atomic E-state index is -3.39. The van der Waals surface area contributed by atoms with Crippen LogP contribution in [0.2, 0.25) is 0 Å². The van der Waals surface area contributed by atoms with Gasteiger partial charge in [0.05, 0.1) is 6.10 Å². The minimum absolute atomic E-state index is 0.102. The second-order valence-electron chi connectivity index (χ2n) is 5.85. The number of esters is 1. The SMILES string of the molecule is CCOCP(=O)(NC1(C(=O)OC(C)C)CC1)Oc1ccccc1. The van der Waals surface area contributed by atoms with Crippen molar-refractivity contribution in [2.45, 2.75) is 45.3 Å². The molecule has 6 nitrogen and oxygen atoms in total. The summed E-state index contributed by atoms with van der Waals surface area (Å²) in [5.74, 6) is 0.0805. The van der Waals surface area contributed by atoms with Crippen molar-refractivity contribution in [3.8, 4) is 5.75 Å². The molecule has 23 heavy (non-hydrogen) atoms. The number of hydrogen-bond acceptors (Lipinski definition) is 5. The Morgan fingerprint density at radius 2 is 1.96 bits per heavy atom. The molecule has 0 aromatic heterocycles. The van der Waals surface area contributed by atoms with Crippen LogP contribution < -0.4 is 9.61 Å². The summed E-state index contributed by atoms with van der Waals surface area (Å²) in [6.07, 6.45) is 0.831. The number of rotatable bonds is 9. The maximum Gasteiger partial charge on any atom is 0.342 e. The van der Waals surface area contributed by atoms with Gasteiger partial charge in [-0.15, -0.1) is 0 Å². The fourth-order valence-electron chi connectivity index (χ4n) is 2.08. The van der Waals surface area contributed by atoms with Crippen molar-refractivity contribution < 1.29 is 23.4 Å². The van der Waals surface area contributed by atoms with Crippen LogP contribution in [0, 0.1) is 0 Å². The van der Waals surface area contributed by atoms with Crippen molar-refractivity contribution in [2.75, 3.05) is 13.0 Å². The van der Waals surface area contributed by atoms with E-state index in [2.05, 4.69) is 5.09 Å². The lowest BCUT2D eigenvalue weighted by Crippen LogP contribution is -2.41. The van der Waals surface area contributed by atoms with Crippen LogP contribution in [0.1, 0.15) is 33.6 Å². The van der Waals surface area contributed by atoms with Gasteiger partial charge in [0.1, 0.15) is 17.6 Å². The van der Waals surface area contributed by atoms with Gasteiger partial charge in [0, 0.05) is 6.61 Å². The normalized spacial score (nSPS) is 18.3. The number of hydrogen-bond donors (Lipinski definition) is 1. The Bertz CT molecular complexity index is 571. The number of benzene rings is 1. The molecular formula is C16H24NO5P. The predicted molar refractivity (Wildman–Crippen MR) is 87.5 cm³/mol. The van der Waals surface area contributed by atoms with Crippen molar-refractivity contribution in [2.24, 2.45) is 0 Å². The molecule has 1 N–H and O–H groups in total. The molecule has 0 saturated heterocycles. The molecule has 1 saturated carbocycles. The fraction of sp³-hybridized carbons (Fsp3) is 0.562. The Hall–Kier alpha value is -1.36. The molecule has 1 aliphatic carbocycles. The van der Waals surface area contributed by atoms with Gasteiger partial charge in [-0.05, 0) is 45.7 Å². The van der Waals surface area contributed by atoms with Crippen molar-refractivity contribution >= 4 is 13.5 Å². The average molecular weight is 341 g/mol. The van der Waals surface area contributed by atoms with Gasteiger partial charge in [0.15, 0.2) is 0 Å². The maximum atomic E-state index is 13.1.